The van der Waals surface area contributed by atoms with Gasteiger partial charge in [0, 0.05) is 5.56 Å². The van der Waals surface area contributed by atoms with Crippen LogP contribution in [0.4, 0.5) is 0 Å². The number of aliphatic hydroxyl groups is 1. The van der Waals surface area contributed by atoms with Gasteiger partial charge in [-0.3, -0.25) is 0 Å². The van der Waals surface area contributed by atoms with Gasteiger partial charge in [-0.1, -0.05) is 12.1 Å². The molecule has 2 fully saturated rings. The minimum Gasteiger partial charge on any atom is -0.493 e. The molecule has 3 aliphatic rings. The fourth-order valence-electron chi connectivity index (χ4n) is 3.87. The highest BCUT2D eigenvalue weighted by Gasteiger charge is 2.40. The molecule has 1 N–H and O–H groups in total. The van der Waals surface area contributed by atoms with Gasteiger partial charge in [0.1, 0.15) is 6.61 Å². The van der Waals surface area contributed by atoms with Gasteiger partial charge < -0.3 is 28.8 Å². The Morgan fingerprint density at radius 1 is 1.00 bits per heavy atom. The third-order valence-corrected chi connectivity index (χ3v) is 6.16. The van der Waals surface area contributed by atoms with E-state index in [9.17, 15) is 5.11 Å². The molecule has 2 aromatic carbocycles. The SMILES string of the molecule is COc1ccc(-c2ccc3c(c2)COC3)c(OCC2(CO)COC2)c1OCC1CC1. The van der Waals surface area contributed by atoms with E-state index in [-0.39, 0.29) is 12.0 Å². The van der Waals surface area contributed by atoms with E-state index in [4.69, 9.17) is 23.7 Å². The van der Waals surface area contributed by atoms with Gasteiger partial charge in [0.05, 0.1) is 52.2 Å². The Bertz CT molecular complexity index is 911. The summed E-state index contributed by atoms with van der Waals surface area (Å²) in [4.78, 5) is 0. The maximum atomic E-state index is 9.83. The summed E-state index contributed by atoms with van der Waals surface area (Å²) in [5.41, 5.74) is 4.07. The van der Waals surface area contributed by atoms with Gasteiger partial charge in [-0.2, -0.15) is 0 Å². The number of aliphatic hydroxyl groups excluding tert-OH is 1. The van der Waals surface area contributed by atoms with Gasteiger partial charge >= 0.3 is 0 Å². The van der Waals surface area contributed by atoms with Crippen LogP contribution in [-0.2, 0) is 22.7 Å². The van der Waals surface area contributed by atoms with Crippen molar-refractivity contribution < 1.29 is 28.8 Å². The highest BCUT2D eigenvalue weighted by molar-refractivity contribution is 5.77. The maximum absolute atomic E-state index is 9.83. The second-order valence-corrected chi connectivity index (χ2v) is 8.64. The van der Waals surface area contributed by atoms with Gasteiger partial charge in [0.2, 0.25) is 5.75 Å². The second-order valence-electron chi connectivity index (χ2n) is 8.64. The molecular weight excluding hydrogens is 384 g/mol. The second kappa shape index (κ2) is 8.10. The topological polar surface area (TPSA) is 66.4 Å². The summed E-state index contributed by atoms with van der Waals surface area (Å²) in [5.74, 6) is 2.55. The van der Waals surface area contributed by atoms with Gasteiger partial charge in [-0.15, -0.1) is 0 Å². The number of hydrogen-bond acceptors (Lipinski definition) is 6. The van der Waals surface area contributed by atoms with Crippen LogP contribution in [-0.4, -0.2) is 45.3 Å². The van der Waals surface area contributed by atoms with Crippen LogP contribution >= 0.6 is 0 Å². The Labute approximate surface area is 176 Å². The van der Waals surface area contributed by atoms with E-state index in [0.29, 0.717) is 62.8 Å². The molecule has 30 heavy (non-hydrogen) atoms. The number of benzene rings is 2. The van der Waals surface area contributed by atoms with Crippen LogP contribution < -0.4 is 14.2 Å². The minimum absolute atomic E-state index is 0.0285. The van der Waals surface area contributed by atoms with Crippen molar-refractivity contribution in [1.29, 1.82) is 0 Å². The molecule has 2 heterocycles. The smallest absolute Gasteiger partial charge is 0.204 e. The first-order valence-electron chi connectivity index (χ1n) is 10.6. The zero-order valence-corrected chi connectivity index (χ0v) is 17.3. The first kappa shape index (κ1) is 19.7. The largest absolute Gasteiger partial charge is 0.493 e. The van der Waals surface area contributed by atoms with Crippen molar-refractivity contribution in [3.8, 4) is 28.4 Å². The summed E-state index contributed by atoms with van der Waals surface area (Å²) in [6, 6.07) is 10.3. The fraction of sp³-hybridized carbons (Fsp3) is 0.500. The highest BCUT2D eigenvalue weighted by atomic mass is 16.5. The molecule has 1 saturated heterocycles. The van der Waals surface area contributed by atoms with Crippen LogP contribution in [0.5, 0.6) is 17.2 Å². The molecule has 6 nitrogen and oxygen atoms in total. The number of rotatable bonds is 9. The molecule has 2 aromatic rings. The Morgan fingerprint density at radius 2 is 1.83 bits per heavy atom. The third kappa shape index (κ3) is 3.75. The lowest BCUT2D eigenvalue weighted by atomic mass is 9.88. The fourth-order valence-corrected chi connectivity index (χ4v) is 3.87. The standard InChI is InChI=1S/C24H28O6/c1-26-21-7-6-20(17-4-5-18-10-27-11-19(18)8-17)22(23(21)29-9-16-2-3-16)30-15-24(12-25)13-28-14-24/h4-8,16,25H,2-3,9-15H2,1H3. The van der Waals surface area contributed by atoms with Crippen molar-refractivity contribution in [1.82, 2.24) is 0 Å². The van der Waals surface area contributed by atoms with Crippen LogP contribution in [0.15, 0.2) is 30.3 Å². The molecule has 0 aromatic heterocycles. The molecule has 0 atom stereocenters. The molecule has 0 amide bonds. The highest BCUT2D eigenvalue weighted by Crippen LogP contribution is 2.47. The summed E-state index contributed by atoms with van der Waals surface area (Å²) in [5, 5.41) is 9.83. The van der Waals surface area contributed by atoms with E-state index >= 15 is 0 Å². The van der Waals surface area contributed by atoms with Crippen molar-refractivity contribution in [2.45, 2.75) is 26.1 Å². The predicted molar refractivity (Wildman–Crippen MR) is 111 cm³/mol. The molecular formula is C24H28O6. The zero-order valence-electron chi connectivity index (χ0n) is 17.3. The number of ether oxygens (including phenoxy) is 5. The van der Waals surface area contributed by atoms with Crippen LogP contribution in [0.2, 0.25) is 0 Å². The van der Waals surface area contributed by atoms with E-state index in [2.05, 4.69) is 18.2 Å². The van der Waals surface area contributed by atoms with Crippen molar-refractivity contribution in [3.05, 3.63) is 41.5 Å². The van der Waals surface area contributed by atoms with E-state index in [1.54, 1.807) is 7.11 Å². The molecule has 1 aliphatic carbocycles. The summed E-state index contributed by atoms with van der Waals surface area (Å²) in [6.07, 6.45) is 2.40. The Morgan fingerprint density at radius 3 is 2.53 bits per heavy atom. The molecule has 0 spiro atoms. The van der Waals surface area contributed by atoms with Gasteiger partial charge in [-0.25, -0.2) is 0 Å². The predicted octanol–water partition coefficient (Wildman–Crippen LogP) is 3.57. The van der Waals surface area contributed by atoms with Gasteiger partial charge in [0.15, 0.2) is 11.5 Å². The van der Waals surface area contributed by atoms with E-state index in [1.165, 1.54) is 24.0 Å². The van der Waals surface area contributed by atoms with Crippen molar-refractivity contribution >= 4 is 0 Å². The number of hydrogen-bond donors (Lipinski definition) is 1. The van der Waals surface area contributed by atoms with Gasteiger partial charge in [-0.05, 0) is 53.6 Å². The summed E-state index contributed by atoms with van der Waals surface area (Å²) >= 11 is 0. The Kier molecular flexibility index (Phi) is 5.31. The average molecular weight is 412 g/mol. The number of methoxy groups -OCH3 is 1. The molecule has 160 valence electrons. The van der Waals surface area contributed by atoms with Gasteiger partial charge in [0.25, 0.3) is 0 Å². The Hall–Kier alpha value is -2.28. The molecule has 2 aliphatic heterocycles. The molecule has 0 unspecified atom stereocenters. The van der Waals surface area contributed by atoms with Crippen LogP contribution in [0.3, 0.4) is 0 Å². The van der Waals surface area contributed by atoms with Crippen LogP contribution in [0.25, 0.3) is 11.1 Å². The lowest BCUT2D eigenvalue weighted by Crippen LogP contribution is -2.50. The first-order valence-corrected chi connectivity index (χ1v) is 10.6. The maximum Gasteiger partial charge on any atom is 0.204 e. The minimum atomic E-state index is -0.361. The van der Waals surface area contributed by atoms with Crippen LogP contribution in [0, 0.1) is 11.3 Å². The summed E-state index contributed by atoms with van der Waals surface area (Å²) in [6.45, 7) is 3.33. The van der Waals surface area contributed by atoms with E-state index in [1.807, 2.05) is 12.1 Å². The monoisotopic (exact) mass is 412 g/mol. The Balaban J connectivity index is 1.53. The summed E-state index contributed by atoms with van der Waals surface area (Å²) < 4.78 is 29.1. The van der Waals surface area contributed by atoms with Crippen molar-refractivity contribution in [2.75, 3.05) is 40.1 Å². The normalized spacial score (nSPS) is 19.1. The average Bonchev–Trinajstić information content (AvgIpc) is 3.46. The molecule has 1 saturated carbocycles. The lowest BCUT2D eigenvalue weighted by Gasteiger charge is -2.39. The van der Waals surface area contributed by atoms with E-state index < -0.39 is 0 Å². The van der Waals surface area contributed by atoms with E-state index in [0.717, 1.165) is 11.1 Å². The summed E-state index contributed by atoms with van der Waals surface area (Å²) in [7, 11) is 1.64. The number of fused-ring (bicyclic) bond motifs is 1. The zero-order chi connectivity index (χ0) is 20.6. The van der Waals surface area contributed by atoms with Crippen molar-refractivity contribution in [2.24, 2.45) is 11.3 Å². The molecule has 6 heteroatoms. The molecule has 5 rings (SSSR count). The van der Waals surface area contributed by atoms with Crippen molar-refractivity contribution in [3.63, 3.8) is 0 Å². The quantitative estimate of drug-likeness (QED) is 0.679. The van der Waals surface area contributed by atoms with Crippen LogP contribution in [0.1, 0.15) is 24.0 Å². The first-order chi connectivity index (χ1) is 14.7. The molecule has 0 bridgehead atoms. The lowest BCUT2D eigenvalue weighted by molar-refractivity contribution is -0.153. The third-order valence-electron chi connectivity index (χ3n) is 6.16. The molecule has 0 radical (unpaired) electrons.